The van der Waals surface area contributed by atoms with Crippen molar-refractivity contribution >= 4 is 15.9 Å². The highest BCUT2D eigenvalue weighted by atomic mass is 32.2. The van der Waals surface area contributed by atoms with Gasteiger partial charge in [-0.15, -0.1) is 0 Å². The number of hydrazine groups is 1. The Kier molecular flexibility index (Phi) is 4.89. The first kappa shape index (κ1) is 16.9. The van der Waals surface area contributed by atoms with Gasteiger partial charge in [-0.25, -0.2) is 14.3 Å². The second-order valence-electron chi connectivity index (χ2n) is 5.94. The van der Waals surface area contributed by atoms with Gasteiger partial charge in [-0.05, 0) is 44.7 Å². The van der Waals surface area contributed by atoms with Gasteiger partial charge in [-0.1, -0.05) is 17.7 Å². The Morgan fingerprint density at radius 3 is 2.41 bits per heavy atom. The van der Waals surface area contributed by atoms with Crippen LogP contribution in [0.25, 0.3) is 0 Å². The number of piperidine rings is 1. The molecule has 1 saturated heterocycles. The van der Waals surface area contributed by atoms with Gasteiger partial charge in [-0.2, -0.15) is 4.31 Å². The molecule has 1 aromatic rings. The van der Waals surface area contributed by atoms with Gasteiger partial charge in [0, 0.05) is 13.1 Å². The van der Waals surface area contributed by atoms with Crippen molar-refractivity contribution in [3.8, 4) is 0 Å². The molecular formula is C15H23N3O3S. The lowest BCUT2D eigenvalue weighted by Crippen LogP contribution is -2.47. The molecule has 6 nitrogen and oxygen atoms in total. The minimum absolute atomic E-state index is 0.179. The van der Waals surface area contributed by atoms with Gasteiger partial charge in [0.15, 0.2) is 0 Å². The Hall–Kier alpha value is -1.44. The van der Waals surface area contributed by atoms with Gasteiger partial charge in [0.25, 0.3) is 0 Å². The van der Waals surface area contributed by atoms with Crippen molar-refractivity contribution in [2.75, 3.05) is 13.1 Å². The molecule has 1 heterocycles. The summed E-state index contributed by atoms with van der Waals surface area (Å²) in [7, 11) is -3.60. The van der Waals surface area contributed by atoms with Crippen molar-refractivity contribution in [3.63, 3.8) is 0 Å². The van der Waals surface area contributed by atoms with Crippen LogP contribution in [0.5, 0.6) is 0 Å². The lowest BCUT2D eigenvalue weighted by atomic mass is 9.99. The number of carbonyl (C=O) groups excluding carboxylic acids is 1. The fourth-order valence-electron chi connectivity index (χ4n) is 3.20. The van der Waals surface area contributed by atoms with E-state index in [9.17, 15) is 13.2 Å². The molecule has 0 radical (unpaired) electrons. The lowest BCUT2D eigenvalue weighted by Gasteiger charge is -2.31. The minimum Gasteiger partial charge on any atom is -0.294 e. The molecule has 1 atom stereocenters. The van der Waals surface area contributed by atoms with E-state index in [1.807, 2.05) is 19.1 Å². The van der Waals surface area contributed by atoms with Gasteiger partial charge >= 0.3 is 0 Å². The van der Waals surface area contributed by atoms with E-state index >= 15 is 0 Å². The van der Waals surface area contributed by atoms with Crippen molar-refractivity contribution in [3.05, 3.63) is 28.8 Å². The van der Waals surface area contributed by atoms with E-state index in [0.717, 1.165) is 16.7 Å². The van der Waals surface area contributed by atoms with E-state index in [2.05, 4.69) is 5.43 Å². The molecule has 0 bridgehead atoms. The zero-order valence-electron chi connectivity index (χ0n) is 13.2. The maximum absolute atomic E-state index is 13.0. The molecule has 2 rings (SSSR count). The van der Waals surface area contributed by atoms with Crippen LogP contribution in [0, 0.1) is 26.7 Å². The summed E-state index contributed by atoms with van der Waals surface area (Å²) in [4.78, 5) is 12.1. The maximum atomic E-state index is 13.0. The molecule has 122 valence electrons. The second-order valence-corrected chi connectivity index (χ2v) is 7.81. The van der Waals surface area contributed by atoms with Crippen LogP contribution in [0.2, 0.25) is 0 Å². The Bertz CT molecular complexity index is 662. The number of benzene rings is 1. The first-order chi connectivity index (χ1) is 10.3. The average molecular weight is 325 g/mol. The van der Waals surface area contributed by atoms with E-state index in [0.29, 0.717) is 24.3 Å². The van der Waals surface area contributed by atoms with Gasteiger partial charge in [-0.3, -0.25) is 10.2 Å². The van der Waals surface area contributed by atoms with Crippen molar-refractivity contribution in [1.82, 2.24) is 9.73 Å². The molecule has 0 unspecified atom stereocenters. The third kappa shape index (κ3) is 3.16. The number of nitrogens with one attached hydrogen (secondary N) is 1. The van der Waals surface area contributed by atoms with E-state index in [1.165, 1.54) is 4.31 Å². The standard InChI is InChI=1S/C15H23N3O3S/c1-10-7-11(2)14(12(3)8-10)22(20,21)18-6-4-5-13(9-18)15(19)17-16/h7-8,13H,4-6,9,16H2,1-3H3,(H,17,19)/t13-/m0/s1. The summed E-state index contributed by atoms with van der Waals surface area (Å²) in [5, 5.41) is 0. The molecule has 1 amide bonds. The minimum atomic E-state index is -3.60. The average Bonchev–Trinajstić information content (AvgIpc) is 2.45. The Labute approximate surface area is 131 Å². The number of sulfonamides is 1. The normalized spacial score (nSPS) is 19.9. The Morgan fingerprint density at radius 2 is 1.86 bits per heavy atom. The number of amides is 1. The highest BCUT2D eigenvalue weighted by molar-refractivity contribution is 7.89. The smallest absolute Gasteiger partial charge is 0.243 e. The molecule has 0 aliphatic carbocycles. The van der Waals surface area contributed by atoms with Crippen LogP contribution in [0.1, 0.15) is 29.5 Å². The van der Waals surface area contributed by atoms with Crippen LogP contribution < -0.4 is 11.3 Å². The van der Waals surface area contributed by atoms with E-state index in [1.54, 1.807) is 13.8 Å². The van der Waals surface area contributed by atoms with Crippen molar-refractivity contribution in [1.29, 1.82) is 0 Å². The number of rotatable bonds is 3. The molecule has 1 fully saturated rings. The molecule has 22 heavy (non-hydrogen) atoms. The van der Waals surface area contributed by atoms with Gasteiger partial charge in [0.2, 0.25) is 15.9 Å². The predicted octanol–water partition coefficient (Wildman–Crippen LogP) is 1.00. The first-order valence-corrected chi connectivity index (χ1v) is 8.80. The topological polar surface area (TPSA) is 92.5 Å². The predicted molar refractivity (Wildman–Crippen MR) is 84.5 cm³/mol. The summed E-state index contributed by atoms with van der Waals surface area (Å²) in [6, 6.07) is 3.74. The van der Waals surface area contributed by atoms with E-state index in [4.69, 9.17) is 5.84 Å². The summed E-state index contributed by atoms with van der Waals surface area (Å²) in [6.45, 7) is 6.17. The summed E-state index contributed by atoms with van der Waals surface area (Å²) in [5.74, 6) is 4.47. The van der Waals surface area contributed by atoms with Crippen molar-refractivity contribution in [2.24, 2.45) is 11.8 Å². The van der Waals surface area contributed by atoms with E-state index in [-0.39, 0.29) is 18.4 Å². The fraction of sp³-hybridized carbons (Fsp3) is 0.533. The van der Waals surface area contributed by atoms with Crippen LogP contribution in [0.3, 0.4) is 0 Å². The largest absolute Gasteiger partial charge is 0.294 e. The number of carbonyl (C=O) groups is 1. The van der Waals surface area contributed by atoms with Crippen LogP contribution in [-0.2, 0) is 14.8 Å². The number of nitrogens with zero attached hydrogens (tertiary/aromatic N) is 1. The van der Waals surface area contributed by atoms with Crippen LogP contribution in [-0.4, -0.2) is 31.7 Å². The quantitative estimate of drug-likeness (QED) is 0.493. The van der Waals surface area contributed by atoms with Crippen molar-refractivity contribution in [2.45, 2.75) is 38.5 Å². The number of hydrogen-bond donors (Lipinski definition) is 2. The van der Waals surface area contributed by atoms with Crippen LogP contribution >= 0.6 is 0 Å². The molecule has 0 saturated carbocycles. The third-order valence-electron chi connectivity index (χ3n) is 4.10. The number of hydrogen-bond acceptors (Lipinski definition) is 4. The summed E-state index contributed by atoms with van der Waals surface area (Å²) < 4.78 is 27.3. The first-order valence-electron chi connectivity index (χ1n) is 7.36. The molecule has 1 aromatic carbocycles. The summed E-state index contributed by atoms with van der Waals surface area (Å²) in [6.07, 6.45) is 1.31. The maximum Gasteiger partial charge on any atom is 0.243 e. The number of nitrogens with two attached hydrogens (primary N) is 1. The van der Waals surface area contributed by atoms with Crippen LogP contribution in [0.15, 0.2) is 17.0 Å². The van der Waals surface area contributed by atoms with E-state index < -0.39 is 10.0 Å². The molecule has 1 aliphatic heterocycles. The summed E-state index contributed by atoms with van der Waals surface area (Å²) >= 11 is 0. The number of aryl methyl sites for hydroxylation is 3. The highest BCUT2D eigenvalue weighted by Crippen LogP contribution is 2.28. The molecule has 3 N–H and O–H groups in total. The van der Waals surface area contributed by atoms with Crippen molar-refractivity contribution < 1.29 is 13.2 Å². The molecule has 0 spiro atoms. The van der Waals surface area contributed by atoms with Gasteiger partial charge < -0.3 is 0 Å². The Morgan fingerprint density at radius 1 is 1.27 bits per heavy atom. The van der Waals surface area contributed by atoms with Crippen LogP contribution in [0.4, 0.5) is 0 Å². The monoisotopic (exact) mass is 325 g/mol. The third-order valence-corrected chi connectivity index (χ3v) is 6.27. The zero-order chi connectivity index (χ0) is 16.5. The molecule has 1 aliphatic rings. The fourth-order valence-corrected chi connectivity index (χ4v) is 5.13. The van der Waals surface area contributed by atoms with Gasteiger partial charge in [0.1, 0.15) is 0 Å². The molecular weight excluding hydrogens is 302 g/mol. The van der Waals surface area contributed by atoms with Gasteiger partial charge in [0.05, 0.1) is 10.8 Å². The Balaban J connectivity index is 2.37. The SMILES string of the molecule is Cc1cc(C)c(S(=O)(=O)N2CCC[C@H](C(=O)NN)C2)c(C)c1. The zero-order valence-corrected chi connectivity index (χ0v) is 14.0. The summed E-state index contributed by atoms with van der Waals surface area (Å²) in [5.41, 5.74) is 4.63. The second kappa shape index (κ2) is 6.36. The molecule has 7 heteroatoms. The highest BCUT2D eigenvalue weighted by Gasteiger charge is 2.34. The lowest BCUT2D eigenvalue weighted by molar-refractivity contribution is -0.126. The molecule has 0 aromatic heterocycles.